The van der Waals surface area contributed by atoms with Crippen molar-refractivity contribution in [2.45, 2.75) is 0 Å². The molecule has 1 aromatic carbocycles. The molecule has 1 heterocycles. The maximum atomic E-state index is 4.63. The molecule has 0 spiro atoms. The first-order valence-electron chi connectivity index (χ1n) is 4.04. The van der Waals surface area contributed by atoms with Crippen molar-refractivity contribution < 1.29 is 4.84 Å². The Morgan fingerprint density at radius 1 is 1.38 bits per heavy atom. The number of aromatic amines is 1. The summed E-state index contributed by atoms with van der Waals surface area (Å²) in [7, 11) is 1.53. The average molecular weight is 174 g/mol. The molecule has 0 bridgehead atoms. The highest BCUT2D eigenvalue weighted by Gasteiger charge is 1.97. The molecule has 0 aliphatic heterocycles. The van der Waals surface area contributed by atoms with Crippen LogP contribution >= 0.6 is 0 Å². The van der Waals surface area contributed by atoms with Gasteiger partial charge in [-0.05, 0) is 6.07 Å². The van der Waals surface area contributed by atoms with Crippen molar-refractivity contribution in [1.82, 2.24) is 4.98 Å². The second-order valence-corrected chi connectivity index (χ2v) is 2.71. The average Bonchev–Trinajstić information content (AvgIpc) is 2.62. The number of nitrogens with one attached hydrogen (secondary N) is 1. The number of fused-ring (bicyclic) bond motifs is 1. The van der Waals surface area contributed by atoms with Crippen molar-refractivity contribution >= 4 is 17.1 Å². The van der Waals surface area contributed by atoms with Crippen LogP contribution in [-0.4, -0.2) is 18.3 Å². The molecule has 0 saturated carbocycles. The van der Waals surface area contributed by atoms with Gasteiger partial charge < -0.3 is 9.82 Å². The third-order valence-corrected chi connectivity index (χ3v) is 1.92. The molecular weight excluding hydrogens is 164 g/mol. The zero-order valence-corrected chi connectivity index (χ0v) is 7.32. The molecule has 2 rings (SSSR count). The van der Waals surface area contributed by atoms with Gasteiger partial charge in [-0.25, -0.2) is 0 Å². The van der Waals surface area contributed by atoms with E-state index < -0.39 is 0 Å². The first-order valence-corrected chi connectivity index (χ1v) is 4.04. The second-order valence-electron chi connectivity index (χ2n) is 2.71. The third-order valence-electron chi connectivity index (χ3n) is 1.92. The van der Waals surface area contributed by atoms with Crippen molar-refractivity contribution in [3.05, 3.63) is 36.0 Å². The molecule has 66 valence electrons. The van der Waals surface area contributed by atoms with Gasteiger partial charge in [0, 0.05) is 17.1 Å². The zero-order valence-electron chi connectivity index (χ0n) is 7.32. The van der Waals surface area contributed by atoms with Gasteiger partial charge in [0.25, 0.3) is 0 Å². The number of benzene rings is 1. The normalized spacial score (nSPS) is 11.2. The van der Waals surface area contributed by atoms with Gasteiger partial charge in [0.2, 0.25) is 0 Å². The first-order chi connectivity index (χ1) is 6.42. The van der Waals surface area contributed by atoms with Gasteiger partial charge >= 0.3 is 0 Å². The van der Waals surface area contributed by atoms with Crippen molar-refractivity contribution in [2.24, 2.45) is 5.16 Å². The van der Waals surface area contributed by atoms with Crippen molar-refractivity contribution in [3.8, 4) is 0 Å². The topological polar surface area (TPSA) is 37.4 Å². The minimum atomic E-state index is 1.03. The Morgan fingerprint density at radius 3 is 3.15 bits per heavy atom. The fourth-order valence-electron chi connectivity index (χ4n) is 1.33. The van der Waals surface area contributed by atoms with Crippen LogP contribution in [0.1, 0.15) is 5.56 Å². The highest BCUT2D eigenvalue weighted by molar-refractivity contribution is 5.97. The smallest absolute Gasteiger partial charge is 0.106 e. The number of rotatable bonds is 2. The Bertz CT molecular complexity index is 431. The molecular formula is C10H10N2O. The summed E-state index contributed by atoms with van der Waals surface area (Å²) in [5, 5.41) is 4.91. The van der Waals surface area contributed by atoms with Crippen LogP contribution in [0.15, 0.2) is 35.6 Å². The van der Waals surface area contributed by atoms with Crippen LogP contribution in [0.5, 0.6) is 0 Å². The van der Waals surface area contributed by atoms with Crippen molar-refractivity contribution in [3.63, 3.8) is 0 Å². The van der Waals surface area contributed by atoms with Crippen molar-refractivity contribution in [1.29, 1.82) is 0 Å². The summed E-state index contributed by atoms with van der Waals surface area (Å²) in [4.78, 5) is 7.78. The maximum Gasteiger partial charge on any atom is 0.106 e. The molecule has 13 heavy (non-hydrogen) atoms. The van der Waals surface area contributed by atoms with Crippen LogP contribution in [0.2, 0.25) is 0 Å². The van der Waals surface area contributed by atoms with Crippen LogP contribution in [0.4, 0.5) is 0 Å². The predicted octanol–water partition coefficient (Wildman–Crippen LogP) is 2.15. The summed E-state index contributed by atoms with van der Waals surface area (Å²) in [6, 6.07) is 8.06. The van der Waals surface area contributed by atoms with Crippen LogP contribution in [0, 0.1) is 0 Å². The fraction of sp³-hybridized carbons (Fsp3) is 0.100. The number of para-hydroxylation sites is 1. The van der Waals surface area contributed by atoms with Gasteiger partial charge in [-0.1, -0.05) is 23.4 Å². The third kappa shape index (κ3) is 1.40. The van der Waals surface area contributed by atoms with E-state index in [1.165, 1.54) is 12.5 Å². The van der Waals surface area contributed by atoms with Gasteiger partial charge in [-0.2, -0.15) is 0 Å². The van der Waals surface area contributed by atoms with E-state index in [0.717, 1.165) is 11.1 Å². The summed E-state index contributed by atoms with van der Waals surface area (Å²) < 4.78 is 0. The molecule has 0 fully saturated rings. The Morgan fingerprint density at radius 2 is 2.31 bits per heavy atom. The molecule has 0 aliphatic carbocycles. The summed E-state index contributed by atoms with van der Waals surface area (Å²) in [5.41, 5.74) is 2.12. The number of aromatic nitrogens is 1. The van der Waals surface area contributed by atoms with E-state index >= 15 is 0 Å². The summed E-state index contributed by atoms with van der Waals surface area (Å²) in [5.74, 6) is 0. The number of oxime groups is 1. The molecule has 1 N–H and O–H groups in total. The van der Waals surface area contributed by atoms with E-state index in [-0.39, 0.29) is 0 Å². The lowest BCUT2D eigenvalue weighted by Crippen LogP contribution is -1.83. The van der Waals surface area contributed by atoms with Gasteiger partial charge in [0.1, 0.15) is 7.11 Å². The lowest BCUT2D eigenvalue weighted by Gasteiger charge is -1.94. The Hall–Kier alpha value is -1.77. The quantitative estimate of drug-likeness (QED) is 0.549. The largest absolute Gasteiger partial charge is 0.399 e. The highest BCUT2D eigenvalue weighted by atomic mass is 16.6. The van der Waals surface area contributed by atoms with E-state index in [4.69, 9.17) is 0 Å². The minimum Gasteiger partial charge on any atom is -0.399 e. The molecule has 0 radical (unpaired) electrons. The molecule has 1 aromatic heterocycles. The monoisotopic (exact) mass is 174 g/mol. The standard InChI is InChI=1S/C10H10N2O/c1-13-12-7-9-4-2-3-8-5-6-11-10(8)9/h2-7,11H,1H3. The van der Waals surface area contributed by atoms with E-state index in [9.17, 15) is 0 Å². The lowest BCUT2D eigenvalue weighted by molar-refractivity contribution is 0.215. The first kappa shape index (κ1) is 7.86. The predicted molar refractivity (Wildman–Crippen MR) is 52.9 cm³/mol. The Balaban J connectivity index is 2.54. The number of H-pyrrole nitrogens is 1. The van der Waals surface area contributed by atoms with Crippen LogP contribution in [0.25, 0.3) is 10.9 Å². The van der Waals surface area contributed by atoms with Gasteiger partial charge in [0.15, 0.2) is 0 Å². The number of hydrogen-bond donors (Lipinski definition) is 1. The van der Waals surface area contributed by atoms with E-state index in [1.54, 1.807) is 6.21 Å². The molecule has 0 saturated heterocycles. The summed E-state index contributed by atoms with van der Waals surface area (Å²) in [6.07, 6.45) is 3.60. The Kier molecular flexibility index (Phi) is 2.00. The maximum absolute atomic E-state index is 4.63. The molecule has 3 heteroatoms. The van der Waals surface area contributed by atoms with Crippen LogP contribution in [0.3, 0.4) is 0 Å². The summed E-state index contributed by atoms with van der Waals surface area (Å²) >= 11 is 0. The fourth-order valence-corrected chi connectivity index (χ4v) is 1.33. The van der Waals surface area contributed by atoms with Gasteiger partial charge in [-0.3, -0.25) is 0 Å². The van der Waals surface area contributed by atoms with Crippen LogP contribution in [-0.2, 0) is 4.84 Å². The molecule has 0 unspecified atom stereocenters. The number of nitrogens with zero attached hydrogens (tertiary/aromatic N) is 1. The highest BCUT2D eigenvalue weighted by Crippen LogP contribution is 2.14. The molecule has 0 aliphatic rings. The van der Waals surface area contributed by atoms with Crippen molar-refractivity contribution in [2.75, 3.05) is 7.11 Å². The minimum absolute atomic E-state index is 1.03. The van der Waals surface area contributed by atoms with Crippen LogP contribution < -0.4 is 0 Å². The van der Waals surface area contributed by atoms with Gasteiger partial charge in [0.05, 0.1) is 11.7 Å². The van der Waals surface area contributed by atoms with E-state index in [2.05, 4.69) is 21.0 Å². The Labute approximate surface area is 76.0 Å². The molecule has 2 aromatic rings. The second kappa shape index (κ2) is 3.31. The molecule has 0 amide bonds. The van der Waals surface area contributed by atoms with Gasteiger partial charge in [-0.15, -0.1) is 0 Å². The number of hydrogen-bond acceptors (Lipinski definition) is 2. The molecule has 3 nitrogen and oxygen atoms in total. The molecule has 0 atom stereocenters. The zero-order chi connectivity index (χ0) is 9.10. The lowest BCUT2D eigenvalue weighted by atomic mass is 10.2. The SMILES string of the molecule is CON=Cc1cccc2cc[nH]c12. The summed E-state index contributed by atoms with van der Waals surface area (Å²) in [6.45, 7) is 0. The van der Waals surface area contributed by atoms with E-state index in [0.29, 0.717) is 0 Å². The van der Waals surface area contributed by atoms with E-state index in [1.807, 2.05) is 24.4 Å².